The van der Waals surface area contributed by atoms with Crippen LogP contribution in [0.3, 0.4) is 0 Å². The second-order valence-corrected chi connectivity index (χ2v) is 8.11. The number of aromatic nitrogens is 4. The summed E-state index contributed by atoms with van der Waals surface area (Å²) in [6.45, 7) is 2.72. The van der Waals surface area contributed by atoms with Crippen molar-refractivity contribution in [3.05, 3.63) is 65.1 Å². The first kappa shape index (κ1) is 18.1. The Hall–Kier alpha value is -2.93. The molecule has 5 rings (SSSR count). The Morgan fingerprint density at radius 1 is 1.17 bits per heavy atom. The Morgan fingerprint density at radius 2 is 2.00 bits per heavy atom. The SMILES string of the molecule is Cc1ccc(-n2nccn2)c(C(=O)N2CC3CC(Oc4ccc(Cl)cn4)C2C3)c1. The fourth-order valence-electron chi connectivity index (χ4n) is 4.40. The predicted octanol–water partition coefficient (Wildman–Crippen LogP) is 3.31. The normalized spacial score (nSPS) is 22.8. The van der Waals surface area contributed by atoms with Gasteiger partial charge in [0.15, 0.2) is 0 Å². The zero-order valence-corrected chi connectivity index (χ0v) is 16.7. The number of rotatable bonds is 4. The molecule has 3 aromatic rings. The maximum atomic E-state index is 13.5. The highest BCUT2D eigenvalue weighted by molar-refractivity contribution is 6.30. The number of piperidine rings is 1. The van der Waals surface area contributed by atoms with Crippen LogP contribution in [0.5, 0.6) is 5.88 Å². The number of amides is 1. The van der Waals surface area contributed by atoms with Crippen LogP contribution in [0.15, 0.2) is 48.9 Å². The summed E-state index contributed by atoms with van der Waals surface area (Å²) in [7, 11) is 0. The van der Waals surface area contributed by atoms with E-state index in [1.807, 2.05) is 30.0 Å². The van der Waals surface area contributed by atoms with Crippen LogP contribution in [0, 0.1) is 12.8 Å². The zero-order chi connectivity index (χ0) is 20.0. The quantitative estimate of drug-likeness (QED) is 0.661. The molecule has 2 aromatic heterocycles. The maximum absolute atomic E-state index is 13.5. The van der Waals surface area contributed by atoms with E-state index in [9.17, 15) is 4.79 Å². The van der Waals surface area contributed by atoms with E-state index in [1.165, 1.54) is 4.80 Å². The lowest BCUT2D eigenvalue weighted by Gasteiger charge is -2.33. The van der Waals surface area contributed by atoms with Gasteiger partial charge in [-0.25, -0.2) is 4.98 Å². The number of aryl methyl sites for hydroxylation is 1. The fraction of sp³-hybridized carbons (Fsp3) is 0.333. The molecule has 1 aliphatic heterocycles. The molecule has 3 unspecified atom stereocenters. The molecule has 29 heavy (non-hydrogen) atoms. The highest BCUT2D eigenvalue weighted by Gasteiger charge is 2.48. The molecule has 0 spiro atoms. The number of carbonyl (C=O) groups excluding carboxylic acids is 1. The Kier molecular flexibility index (Phi) is 4.47. The molecule has 1 saturated heterocycles. The summed E-state index contributed by atoms with van der Waals surface area (Å²) in [5.41, 5.74) is 2.31. The first-order valence-electron chi connectivity index (χ1n) is 9.65. The van der Waals surface area contributed by atoms with E-state index in [1.54, 1.807) is 30.7 Å². The Bertz CT molecular complexity index is 1040. The Labute approximate surface area is 173 Å². The third-order valence-corrected chi connectivity index (χ3v) is 5.90. The number of benzene rings is 1. The van der Waals surface area contributed by atoms with Crippen molar-refractivity contribution in [2.45, 2.75) is 31.9 Å². The number of halogens is 1. The summed E-state index contributed by atoms with van der Waals surface area (Å²) in [5, 5.41) is 8.98. The van der Waals surface area contributed by atoms with Crippen molar-refractivity contribution >= 4 is 17.5 Å². The minimum absolute atomic E-state index is 0.00846. The molecule has 1 aromatic carbocycles. The van der Waals surface area contributed by atoms with Crippen LogP contribution >= 0.6 is 11.6 Å². The molecule has 1 aliphatic carbocycles. The lowest BCUT2D eigenvalue weighted by atomic mass is 10.0. The highest BCUT2D eigenvalue weighted by Crippen LogP contribution is 2.40. The van der Waals surface area contributed by atoms with E-state index in [-0.39, 0.29) is 18.1 Å². The van der Waals surface area contributed by atoms with Crippen LogP contribution in [0.2, 0.25) is 5.02 Å². The van der Waals surface area contributed by atoms with Crippen LogP contribution in [-0.4, -0.2) is 49.5 Å². The number of hydrogen-bond acceptors (Lipinski definition) is 5. The minimum Gasteiger partial charge on any atom is -0.472 e. The second kappa shape index (κ2) is 7.15. The van der Waals surface area contributed by atoms with Gasteiger partial charge >= 0.3 is 0 Å². The summed E-state index contributed by atoms with van der Waals surface area (Å²) in [6, 6.07) is 9.32. The third-order valence-electron chi connectivity index (χ3n) is 5.67. The number of hydrogen-bond donors (Lipinski definition) is 0. The van der Waals surface area contributed by atoms with E-state index in [2.05, 4.69) is 15.2 Å². The number of carbonyl (C=O) groups is 1. The zero-order valence-electron chi connectivity index (χ0n) is 15.9. The van der Waals surface area contributed by atoms with E-state index in [0.29, 0.717) is 28.1 Å². The van der Waals surface area contributed by atoms with Gasteiger partial charge in [0.25, 0.3) is 5.91 Å². The maximum Gasteiger partial charge on any atom is 0.256 e. The van der Waals surface area contributed by atoms with Gasteiger partial charge in [-0.1, -0.05) is 23.2 Å². The molecule has 7 nitrogen and oxygen atoms in total. The summed E-state index contributed by atoms with van der Waals surface area (Å²) >= 11 is 5.91. The molecule has 0 N–H and O–H groups in total. The van der Waals surface area contributed by atoms with Crippen molar-refractivity contribution in [2.24, 2.45) is 5.92 Å². The van der Waals surface area contributed by atoms with Crippen LogP contribution in [0.25, 0.3) is 5.69 Å². The lowest BCUT2D eigenvalue weighted by Crippen LogP contribution is -2.47. The largest absolute Gasteiger partial charge is 0.472 e. The number of pyridine rings is 1. The average Bonchev–Trinajstić information content (AvgIpc) is 3.46. The average molecular weight is 410 g/mol. The van der Waals surface area contributed by atoms with Gasteiger partial charge in [0.05, 0.1) is 34.7 Å². The van der Waals surface area contributed by atoms with Gasteiger partial charge < -0.3 is 9.64 Å². The van der Waals surface area contributed by atoms with Crippen molar-refractivity contribution in [1.82, 2.24) is 24.9 Å². The third kappa shape index (κ3) is 3.35. The fourth-order valence-corrected chi connectivity index (χ4v) is 4.52. The van der Waals surface area contributed by atoms with E-state index >= 15 is 0 Å². The highest BCUT2D eigenvalue weighted by atomic mass is 35.5. The van der Waals surface area contributed by atoms with Gasteiger partial charge in [0.1, 0.15) is 6.10 Å². The molecule has 8 heteroatoms. The molecule has 0 radical (unpaired) electrons. The number of nitrogens with zero attached hydrogens (tertiary/aromatic N) is 5. The molecule has 2 fully saturated rings. The molecule has 148 valence electrons. The van der Waals surface area contributed by atoms with Gasteiger partial charge in [-0.2, -0.15) is 15.0 Å². The van der Waals surface area contributed by atoms with Gasteiger partial charge in [-0.05, 0) is 43.9 Å². The van der Waals surface area contributed by atoms with Gasteiger partial charge in [-0.15, -0.1) is 0 Å². The van der Waals surface area contributed by atoms with Crippen LogP contribution in [-0.2, 0) is 0 Å². The molecule has 3 heterocycles. The summed E-state index contributed by atoms with van der Waals surface area (Å²) < 4.78 is 6.11. The second-order valence-electron chi connectivity index (χ2n) is 7.67. The van der Waals surface area contributed by atoms with Gasteiger partial charge in [0.2, 0.25) is 5.88 Å². The van der Waals surface area contributed by atoms with Crippen LogP contribution in [0.4, 0.5) is 0 Å². The predicted molar refractivity (Wildman–Crippen MR) is 107 cm³/mol. The monoisotopic (exact) mass is 409 g/mol. The minimum atomic E-state index is -0.0672. The van der Waals surface area contributed by atoms with Gasteiger partial charge in [-0.3, -0.25) is 4.79 Å². The van der Waals surface area contributed by atoms with Crippen molar-refractivity contribution in [1.29, 1.82) is 0 Å². The van der Waals surface area contributed by atoms with Crippen LogP contribution < -0.4 is 4.74 Å². The molecule has 1 amide bonds. The van der Waals surface area contributed by atoms with E-state index < -0.39 is 0 Å². The number of likely N-dealkylation sites (tertiary alicyclic amines) is 1. The van der Waals surface area contributed by atoms with Crippen molar-refractivity contribution in [2.75, 3.05) is 6.54 Å². The topological polar surface area (TPSA) is 73.1 Å². The smallest absolute Gasteiger partial charge is 0.256 e. The van der Waals surface area contributed by atoms with Crippen molar-refractivity contribution in [3.8, 4) is 11.6 Å². The summed E-state index contributed by atoms with van der Waals surface area (Å²) in [5.74, 6) is 0.972. The van der Waals surface area contributed by atoms with E-state index in [0.717, 1.165) is 24.9 Å². The molecule has 2 aliphatic rings. The number of fused-ring (bicyclic) bond motifs is 2. The lowest BCUT2D eigenvalue weighted by molar-refractivity contribution is 0.0466. The molecule has 1 saturated carbocycles. The molecular formula is C21H20ClN5O2. The summed E-state index contributed by atoms with van der Waals surface area (Å²) in [4.78, 5) is 21.2. The summed E-state index contributed by atoms with van der Waals surface area (Å²) in [6.07, 6.45) is 6.60. The standard InChI is InChI=1S/C21H20ClN5O2/c1-13-2-4-17(27-24-6-7-25-27)16(8-13)21(28)26-12-14-9-18(26)19(10-14)29-20-5-3-15(22)11-23-20/h2-8,11,14,18-19H,9-10,12H2,1H3. The Balaban J connectivity index is 1.41. The Morgan fingerprint density at radius 3 is 2.72 bits per heavy atom. The number of ether oxygens (including phenoxy) is 1. The van der Waals surface area contributed by atoms with E-state index in [4.69, 9.17) is 16.3 Å². The van der Waals surface area contributed by atoms with Crippen LogP contribution in [0.1, 0.15) is 28.8 Å². The molecule has 3 atom stereocenters. The first-order valence-corrected chi connectivity index (χ1v) is 10.0. The van der Waals surface area contributed by atoms with Crippen molar-refractivity contribution in [3.63, 3.8) is 0 Å². The van der Waals surface area contributed by atoms with Gasteiger partial charge in [0, 0.05) is 18.8 Å². The van der Waals surface area contributed by atoms with Crippen molar-refractivity contribution < 1.29 is 9.53 Å². The molecular weight excluding hydrogens is 390 g/mol. The first-order chi connectivity index (χ1) is 14.1. The molecule has 2 bridgehead atoms.